The minimum absolute atomic E-state index is 0.601. The molecule has 2 rings (SSSR count). The fraction of sp³-hybridized carbons (Fsp3) is 0.600. The summed E-state index contributed by atoms with van der Waals surface area (Å²) in [6.07, 6.45) is 1.30. The average Bonchev–Trinajstić information content (AvgIpc) is 2.80. The van der Waals surface area contributed by atoms with E-state index in [1.54, 1.807) is 0 Å². The van der Waals surface area contributed by atoms with Crippen molar-refractivity contribution in [2.45, 2.75) is 33.1 Å². The second-order valence-electron chi connectivity index (χ2n) is 5.47. The zero-order valence-electron chi connectivity index (χ0n) is 11.2. The molecule has 0 aromatic heterocycles. The van der Waals surface area contributed by atoms with Gasteiger partial charge in [0.25, 0.3) is 0 Å². The van der Waals surface area contributed by atoms with E-state index in [2.05, 4.69) is 49.6 Å². The van der Waals surface area contributed by atoms with Crippen molar-refractivity contribution >= 4 is 5.69 Å². The Kier molecular flexibility index (Phi) is 4.06. The van der Waals surface area contributed by atoms with Gasteiger partial charge in [-0.05, 0) is 55.5 Å². The molecule has 0 aliphatic carbocycles. The Morgan fingerprint density at radius 2 is 2.24 bits per heavy atom. The zero-order chi connectivity index (χ0) is 12.3. The fourth-order valence-corrected chi connectivity index (χ4v) is 2.33. The largest absolute Gasteiger partial charge is 0.384 e. The Morgan fingerprint density at radius 1 is 1.41 bits per heavy atom. The number of anilines is 1. The Bertz CT molecular complexity index is 365. The van der Waals surface area contributed by atoms with Gasteiger partial charge in [0.1, 0.15) is 0 Å². The highest BCUT2D eigenvalue weighted by Crippen LogP contribution is 2.23. The molecular formula is C15H24N2. The lowest BCUT2D eigenvalue weighted by atomic mass is 10.0. The van der Waals surface area contributed by atoms with Crippen LogP contribution < -0.4 is 10.6 Å². The number of aryl methyl sites for hydroxylation is 1. The molecule has 2 nitrogen and oxygen atoms in total. The molecule has 1 saturated heterocycles. The van der Waals surface area contributed by atoms with Gasteiger partial charge >= 0.3 is 0 Å². The van der Waals surface area contributed by atoms with Crippen molar-refractivity contribution in [2.24, 2.45) is 5.92 Å². The first-order chi connectivity index (χ1) is 8.16. The van der Waals surface area contributed by atoms with Crippen molar-refractivity contribution < 1.29 is 0 Å². The predicted molar refractivity (Wildman–Crippen MR) is 74.7 cm³/mol. The fourth-order valence-electron chi connectivity index (χ4n) is 2.33. The molecule has 17 heavy (non-hydrogen) atoms. The van der Waals surface area contributed by atoms with Crippen LogP contribution in [0.3, 0.4) is 0 Å². The molecule has 1 aliphatic rings. The Labute approximate surface area is 105 Å². The van der Waals surface area contributed by atoms with Gasteiger partial charge in [0, 0.05) is 12.2 Å². The highest BCUT2D eigenvalue weighted by atomic mass is 14.9. The molecule has 1 aromatic carbocycles. The normalized spacial score (nSPS) is 19.9. The first-order valence-corrected chi connectivity index (χ1v) is 6.72. The lowest BCUT2D eigenvalue weighted by Crippen LogP contribution is -2.17. The van der Waals surface area contributed by atoms with Crippen molar-refractivity contribution in [3.05, 3.63) is 29.3 Å². The van der Waals surface area contributed by atoms with Crippen LogP contribution in [0.4, 0.5) is 5.69 Å². The van der Waals surface area contributed by atoms with Crippen LogP contribution in [0, 0.1) is 12.8 Å². The monoisotopic (exact) mass is 232 g/mol. The molecule has 0 saturated carbocycles. The number of benzene rings is 1. The summed E-state index contributed by atoms with van der Waals surface area (Å²) in [4.78, 5) is 0. The van der Waals surface area contributed by atoms with E-state index in [1.807, 2.05) is 0 Å². The van der Waals surface area contributed by atoms with E-state index in [4.69, 9.17) is 0 Å². The number of nitrogens with one attached hydrogen (secondary N) is 2. The van der Waals surface area contributed by atoms with Crippen molar-refractivity contribution in [1.82, 2.24) is 5.32 Å². The molecule has 0 amide bonds. The van der Waals surface area contributed by atoms with Gasteiger partial charge in [-0.25, -0.2) is 0 Å². The lowest BCUT2D eigenvalue weighted by Gasteiger charge is -2.15. The third-order valence-corrected chi connectivity index (χ3v) is 3.67. The summed E-state index contributed by atoms with van der Waals surface area (Å²) in [5.41, 5.74) is 4.08. The molecule has 1 aliphatic heterocycles. The maximum atomic E-state index is 3.61. The molecular weight excluding hydrogens is 208 g/mol. The molecule has 0 radical (unpaired) electrons. The minimum Gasteiger partial charge on any atom is -0.384 e. The first-order valence-electron chi connectivity index (χ1n) is 6.72. The number of hydrogen-bond donors (Lipinski definition) is 2. The van der Waals surface area contributed by atoms with E-state index < -0.39 is 0 Å². The maximum absolute atomic E-state index is 3.61. The highest BCUT2D eigenvalue weighted by molar-refractivity contribution is 5.53. The van der Waals surface area contributed by atoms with E-state index in [1.165, 1.54) is 29.8 Å². The molecule has 94 valence electrons. The quantitative estimate of drug-likeness (QED) is 0.833. The Balaban J connectivity index is 2.00. The summed E-state index contributed by atoms with van der Waals surface area (Å²) in [7, 11) is 0. The lowest BCUT2D eigenvalue weighted by molar-refractivity contribution is 0.615. The average molecular weight is 232 g/mol. The van der Waals surface area contributed by atoms with Crippen LogP contribution >= 0.6 is 0 Å². The zero-order valence-corrected chi connectivity index (χ0v) is 11.2. The first kappa shape index (κ1) is 12.4. The van der Waals surface area contributed by atoms with Gasteiger partial charge in [-0.2, -0.15) is 0 Å². The standard InChI is InChI=1S/C15H24N2/c1-11(2)14-5-4-12(3)15(8-14)17-10-13-6-7-16-9-13/h4-5,8,11,13,16-17H,6-7,9-10H2,1-3H3. The summed E-state index contributed by atoms with van der Waals surface area (Å²) in [6, 6.07) is 6.77. The van der Waals surface area contributed by atoms with Crippen molar-refractivity contribution in [3.8, 4) is 0 Å². The second kappa shape index (κ2) is 5.54. The van der Waals surface area contributed by atoms with Crippen LogP contribution in [-0.2, 0) is 0 Å². The second-order valence-corrected chi connectivity index (χ2v) is 5.47. The highest BCUT2D eigenvalue weighted by Gasteiger charge is 2.14. The summed E-state index contributed by atoms with van der Waals surface area (Å²) in [5.74, 6) is 1.39. The predicted octanol–water partition coefficient (Wildman–Crippen LogP) is 3.14. The van der Waals surface area contributed by atoms with Crippen LogP contribution in [0.5, 0.6) is 0 Å². The van der Waals surface area contributed by atoms with Gasteiger partial charge < -0.3 is 10.6 Å². The SMILES string of the molecule is Cc1ccc(C(C)C)cc1NCC1CCNC1. The van der Waals surface area contributed by atoms with Gasteiger partial charge in [-0.3, -0.25) is 0 Å². The summed E-state index contributed by atoms with van der Waals surface area (Å²) < 4.78 is 0. The van der Waals surface area contributed by atoms with Gasteiger partial charge in [0.2, 0.25) is 0 Å². The van der Waals surface area contributed by atoms with Crippen LogP contribution in [0.1, 0.15) is 37.3 Å². The smallest absolute Gasteiger partial charge is 0.0372 e. The molecule has 1 heterocycles. The maximum Gasteiger partial charge on any atom is 0.0372 e. The van der Waals surface area contributed by atoms with Gasteiger partial charge in [0.15, 0.2) is 0 Å². The van der Waals surface area contributed by atoms with E-state index in [9.17, 15) is 0 Å². The number of hydrogen-bond acceptors (Lipinski definition) is 2. The van der Waals surface area contributed by atoms with Crippen molar-refractivity contribution in [3.63, 3.8) is 0 Å². The van der Waals surface area contributed by atoms with E-state index >= 15 is 0 Å². The third-order valence-electron chi connectivity index (χ3n) is 3.67. The Morgan fingerprint density at radius 3 is 2.88 bits per heavy atom. The molecule has 1 fully saturated rings. The minimum atomic E-state index is 0.601. The van der Waals surface area contributed by atoms with Gasteiger partial charge in [0.05, 0.1) is 0 Å². The molecule has 0 bridgehead atoms. The van der Waals surface area contributed by atoms with E-state index in [-0.39, 0.29) is 0 Å². The summed E-state index contributed by atoms with van der Waals surface area (Å²) >= 11 is 0. The molecule has 1 unspecified atom stereocenters. The van der Waals surface area contributed by atoms with Crippen LogP contribution in [0.25, 0.3) is 0 Å². The van der Waals surface area contributed by atoms with Crippen molar-refractivity contribution in [1.29, 1.82) is 0 Å². The van der Waals surface area contributed by atoms with Crippen LogP contribution in [0.15, 0.2) is 18.2 Å². The molecule has 2 heteroatoms. The van der Waals surface area contributed by atoms with Crippen molar-refractivity contribution in [2.75, 3.05) is 25.0 Å². The topological polar surface area (TPSA) is 24.1 Å². The molecule has 2 N–H and O–H groups in total. The van der Waals surface area contributed by atoms with Gasteiger partial charge in [-0.15, -0.1) is 0 Å². The van der Waals surface area contributed by atoms with E-state index in [0.717, 1.165) is 19.0 Å². The molecule has 1 aromatic rings. The molecule has 1 atom stereocenters. The summed E-state index contributed by atoms with van der Waals surface area (Å²) in [5, 5.41) is 7.02. The third kappa shape index (κ3) is 3.22. The molecule has 0 spiro atoms. The van der Waals surface area contributed by atoms with E-state index in [0.29, 0.717) is 5.92 Å². The van der Waals surface area contributed by atoms with Crippen LogP contribution in [0.2, 0.25) is 0 Å². The van der Waals surface area contributed by atoms with Gasteiger partial charge in [-0.1, -0.05) is 26.0 Å². The Hall–Kier alpha value is -1.02. The van der Waals surface area contributed by atoms with Crippen LogP contribution in [-0.4, -0.2) is 19.6 Å². The summed E-state index contributed by atoms with van der Waals surface area (Å²) in [6.45, 7) is 10.1. The number of rotatable bonds is 4.